The maximum atomic E-state index is 12.6. The first-order valence-corrected chi connectivity index (χ1v) is 7.02. The second-order valence-corrected chi connectivity index (χ2v) is 5.79. The lowest BCUT2D eigenvalue weighted by molar-refractivity contribution is 0.0563. The minimum absolute atomic E-state index is 0.126. The van der Waals surface area contributed by atoms with E-state index in [9.17, 15) is 4.79 Å². The number of rotatable bonds is 3. The second-order valence-electron chi connectivity index (χ2n) is 5.79. The van der Waals surface area contributed by atoms with E-state index in [2.05, 4.69) is 31.1 Å². The van der Waals surface area contributed by atoms with E-state index in [1.807, 2.05) is 4.90 Å². The number of pyridine rings is 1. The van der Waals surface area contributed by atoms with Gasteiger partial charge in [-0.3, -0.25) is 9.78 Å². The van der Waals surface area contributed by atoms with E-state index in [4.69, 9.17) is 0 Å². The molecular weight excluding hydrogens is 238 g/mol. The third kappa shape index (κ3) is 3.53. The molecule has 104 valence electrons. The summed E-state index contributed by atoms with van der Waals surface area (Å²) in [6.45, 7) is 8.19. The summed E-state index contributed by atoms with van der Waals surface area (Å²) in [4.78, 5) is 18.6. The van der Waals surface area contributed by atoms with Crippen LogP contribution in [0, 0.1) is 5.92 Å². The van der Waals surface area contributed by atoms with E-state index >= 15 is 0 Å². The van der Waals surface area contributed by atoms with Crippen LogP contribution in [-0.2, 0) is 0 Å². The molecule has 2 atom stereocenters. The van der Waals surface area contributed by atoms with Crippen LogP contribution in [0.25, 0.3) is 0 Å². The van der Waals surface area contributed by atoms with Crippen LogP contribution >= 0.6 is 0 Å². The first-order valence-electron chi connectivity index (χ1n) is 7.02. The Labute approximate surface area is 115 Å². The van der Waals surface area contributed by atoms with Crippen molar-refractivity contribution in [2.24, 2.45) is 5.92 Å². The highest BCUT2D eigenvalue weighted by molar-refractivity contribution is 5.94. The number of aromatic nitrogens is 1. The smallest absolute Gasteiger partial charge is 0.254 e. The van der Waals surface area contributed by atoms with Crippen LogP contribution in [0.4, 0.5) is 0 Å². The van der Waals surface area contributed by atoms with Gasteiger partial charge < -0.3 is 10.2 Å². The van der Waals surface area contributed by atoms with Crippen molar-refractivity contribution in [2.75, 3.05) is 13.1 Å². The molecule has 0 bridgehead atoms. The van der Waals surface area contributed by atoms with Gasteiger partial charge >= 0.3 is 0 Å². The predicted octanol–water partition coefficient (Wildman–Crippen LogP) is 1.93. The zero-order chi connectivity index (χ0) is 13.8. The average molecular weight is 261 g/mol. The van der Waals surface area contributed by atoms with Crippen molar-refractivity contribution in [1.29, 1.82) is 0 Å². The molecule has 1 N–H and O–H groups in total. The zero-order valence-electron chi connectivity index (χ0n) is 12.0. The fraction of sp³-hybridized carbons (Fsp3) is 0.600. The van der Waals surface area contributed by atoms with Crippen LogP contribution in [0.1, 0.15) is 37.6 Å². The van der Waals surface area contributed by atoms with Gasteiger partial charge in [0.2, 0.25) is 0 Å². The summed E-state index contributed by atoms with van der Waals surface area (Å²) >= 11 is 0. The van der Waals surface area contributed by atoms with Crippen LogP contribution in [0.3, 0.4) is 0 Å². The lowest BCUT2D eigenvalue weighted by atomic mass is 9.98. The summed E-state index contributed by atoms with van der Waals surface area (Å²) in [5.74, 6) is 0.717. The van der Waals surface area contributed by atoms with Crippen LogP contribution in [0.5, 0.6) is 0 Å². The van der Waals surface area contributed by atoms with E-state index in [1.54, 1.807) is 24.5 Å². The normalized spacial score (nSPS) is 23.7. The highest BCUT2D eigenvalue weighted by Crippen LogP contribution is 2.18. The van der Waals surface area contributed by atoms with Crippen molar-refractivity contribution >= 4 is 5.91 Å². The van der Waals surface area contributed by atoms with Crippen molar-refractivity contribution in [1.82, 2.24) is 15.2 Å². The zero-order valence-corrected chi connectivity index (χ0v) is 12.0. The fourth-order valence-corrected chi connectivity index (χ4v) is 2.62. The molecule has 2 rings (SSSR count). The molecule has 1 amide bonds. The molecule has 1 saturated heterocycles. The number of amides is 1. The van der Waals surface area contributed by atoms with E-state index in [1.165, 1.54) is 0 Å². The summed E-state index contributed by atoms with van der Waals surface area (Å²) in [7, 11) is 0. The lowest BCUT2D eigenvalue weighted by Crippen LogP contribution is -2.57. The van der Waals surface area contributed by atoms with Crippen LogP contribution in [0.15, 0.2) is 24.5 Å². The predicted molar refractivity (Wildman–Crippen MR) is 76.0 cm³/mol. The Morgan fingerprint density at radius 3 is 2.79 bits per heavy atom. The monoisotopic (exact) mass is 261 g/mol. The van der Waals surface area contributed by atoms with Gasteiger partial charge in [-0.1, -0.05) is 13.8 Å². The third-order valence-corrected chi connectivity index (χ3v) is 3.54. The quantitative estimate of drug-likeness (QED) is 0.904. The van der Waals surface area contributed by atoms with Crippen molar-refractivity contribution in [3.8, 4) is 0 Å². The highest BCUT2D eigenvalue weighted by Gasteiger charge is 2.30. The molecule has 2 unspecified atom stereocenters. The van der Waals surface area contributed by atoms with E-state index in [-0.39, 0.29) is 11.9 Å². The van der Waals surface area contributed by atoms with Gasteiger partial charge in [0.1, 0.15) is 0 Å². The van der Waals surface area contributed by atoms with E-state index in [0.717, 1.165) is 25.1 Å². The fourth-order valence-electron chi connectivity index (χ4n) is 2.62. The largest absolute Gasteiger partial charge is 0.333 e. The first kappa shape index (κ1) is 14.0. The molecule has 0 radical (unpaired) electrons. The van der Waals surface area contributed by atoms with Gasteiger partial charge in [0.05, 0.1) is 0 Å². The molecule has 1 fully saturated rings. The van der Waals surface area contributed by atoms with Gasteiger partial charge in [0.15, 0.2) is 0 Å². The molecule has 2 heterocycles. The van der Waals surface area contributed by atoms with Crippen molar-refractivity contribution in [3.63, 3.8) is 0 Å². The maximum absolute atomic E-state index is 12.6. The summed E-state index contributed by atoms with van der Waals surface area (Å²) in [6.07, 6.45) is 4.39. The number of hydrogen-bond acceptors (Lipinski definition) is 3. The summed E-state index contributed by atoms with van der Waals surface area (Å²) in [6, 6.07) is 4.23. The lowest BCUT2D eigenvalue weighted by Gasteiger charge is -2.40. The molecule has 4 heteroatoms. The van der Waals surface area contributed by atoms with Crippen molar-refractivity contribution in [3.05, 3.63) is 30.1 Å². The molecule has 0 saturated carbocycles. The Hall–Kier alpha value is -1.42. The molecular formula is C15H23N3O. The molecule has 1 aliphatic heterocycles. The molecule has 19 heavy (non-hydrogen) atoms. The Balaban J connectivity index is 2.15. The molecule has 0 aromatic carbocycles. The number of carbonyl (C=O) groups excluding carboxylic acids is 1. The van der Waals surface area contributed by atoms with E-state index in [0.29, 0.717) is 12.0 Å². The second kappa shape index (κ2) is 6.15. The van der Waals surface area contributed by atoms with Gasteiger partial charge in [-0.25, -0.2) is 0 Å². The minimum Gasteiger partial charge on any atom is -0.333 e. The highest BCUT2D eigenvalue weighted by atomic mass is 16.2. The van der Waals surface area contributed by atoms with Gasteiger partial charge in [0, 0.05) is 43.1 Å². The first-order chi connectivity index (χ1) is 9.08. The molecule has 1 aliphatic rings. The third-order valence-electron chi connectivity index (χ3n) is 3.54. The van der Waals surface area contributed by atoms with Gasteiger partial charge in [-0.15, -0.1) is 0 Å². The number of piperazine rings is 1. The number of hydrogen-bond donors (Lipinski definition) is 1. The van der Waals surface area contributed by atoms with Gasteiger partial charge in [-0.05, 0) is 31.4 Å². The Bertz CT molecular complexity index is 419. The van der Waals surface area contributed by atoms with Crippen LogP contribution in [-0.4, -0.2) is 41.0 Å². The average Bonchev–Trinajstić information content (AvgIpc) is 2.40. The maximum Gasteiger partial charge on any atom is 0.254 e. The summed E-state index contributed by atoms with van der Waals surface area (Å²) in [5, 5.41) is 3.47. The topological polar surface area (TPSA) is 45.2 Å². The summed E-state index contributed by atoms with van der Waals surface area (Å²) in [5.41, 5.74) is 0.734. The van der Waals surface area contributed by atoms with Crippen molar-refractivity contribution in [2.45, 2.75) is 39.3 Å². The molecule has 1 aromatic heterocycles. The van der Waals surface area contributed by atoms with Crippen molar-refractivity contribution < 1.29 is 4.79 Å². The van der Waals surface area contributed by atoms with Gasteiger partial charge in [-0.2, -0.15) is 0 Å². The number of nitrogens with zero attached hydrogens (tertiary/aromatic N) is 2. The van der Waals surface area contributed by atoms with Crippen LogP contribution < -0.4 is 5.32 Å². The Morgan fingerprint density at radius 1 is 1.47 bits per heavy atom. The van der Waals surface area contributed by atoms with E-state index < -0.39 is 0 Å². The minimum atomic E-state index is 0.126. The molecule has 4 nitrogen and oxygen atoms in total. The van der Waals surface area contributed by atoms with Crippen LogP contribution in [0.2, 0.25) is 0 Å². The standard InChI is InChI=1S/C15H23N3O/c1-11(2)8-14-9-17-12(3)10-18(14)15(19)13-4-6-16-7-5-13/h4-7,11-12,14,17H,8-10H2,1-3H3. The number of nitrogens with one attached hydrogen (secondary N) is 1. The van der Waals surface area contributed by atoms with Gasteiger partial charge in [0.25, 0.3) is 5.91 Å². The molecule has 1 aromatic rings. The number of carbonyl (C=O) groups is 1. The Kier molecular flexibility index (Phi) is 4.53. The summed E-state index contributed by atoms with van der Waals surface area (Å²) < 4.78 is 0. The SMILES string of the molecule is CC(C)CC1CNC(C)CN1C(=O)c1ccncc1. The molecule has 0 spiro atoms. The Morgan fingerprint density at radius 2 is 2.16 bits per heavy atom. The molecule has 0 aliphatic carbocycles.